The average Bonchev–Trinajstić information content (AvgIpc) is 2.60. The summed E-state index contributed by atoms with van der Waals surface area (Å²) < 4.78 is 13.7. The highest BCUT2D eigenvalue weighted by Crippen LogP contribution is 2.05. The number of carbonyl (C=O) groups is 1. The van der Waals surface area contributed by atoms with Crippen LogP contribution < -0.4 is 21.8 Å². The predicted octanol–water partition coefficient (Wildman–Crippen LogP) is 1.03. The van der Waals surface area contributed by atoms with Gasteiger partial charge >= 0.3 is 11.7 Å². The fourth-order valence-electron chi connectivity index (χ4n) is 2.22. The summed E-state index contributed by atoms with van der Waals surface area (Å²) in [6, 6.07) is 6.65. The highest BCUT2D eigenvalue weighted by molar-refractivity contribution is 7.99. The normalized spacial score (nSPS) is 10.7. The smallest absolute Gasteiger partial charge is 0.336 e. The summed E-state index contributed by atoms with van der Waals surface area (Å²) in [5.41, 5.74) is 0.552. The zero-order valence-electron chi connectivity index (χ0n) is 14.6. The third-order valence-corrected chi connectivity index (χ3v) is 6.58. The Morgan fingerprint density at radius 2 is 2.08 bits per heavy atom. The zero-order valence-corrected chi connectivity index (χ0v) is 16.4. The highest BCUT2D eigenvalue weighted by Gasteiger charge is 2.10. The number of halogens is 1. The molecule has 26 heavy (non-hydrogen) atoms. The second-order valence-electron chi connectivity index (χ2n) is 5.62. The van der Waals surface area contributed by atoms with Gasteiger partial charge in [-0.05, 0) is 36.8 Å². The number of carbonyl (C=O) groups excluding carboxylic acids is 1. The molecule has 0 saturated heterocycles. The van der Waals surface area contributed by atoms with Crippen LogP contribution in [0.3, 0.4) is 0 Å². The molecule has 0 spiro atoms. The maximum Gasteiger partial charge on any atom is 0.336 e. The molecule has 0 bridgehead atoms. The first-order chi connectivity index (χ1) is 12.4. The van der Waals surface area contributed by atoms with E-state index in [4.69, 9.17) is 0 Å². The maximum absolute atomic E-state index is 13.2. The lowest BCUT2D eigenvalue weighted by Gasteiger charge is -2.08. The van der Waals surface area contributed by atoms with Gasteiger partial charge in [-0.1, -0.05) is 23.4 Å². The molecule has 0 aliphatic rings. The van der Waals surface area contributed by atoms with Crippen molar-refractivity contribution >= 4 is 32.5 Å². The van der Waals surface area contributed by atoms with Crippen LogP contribution in [0.1, 0.15) is 11.1 Å². The molecule has 2 aromatic rings. The number of nitrogens with zero attached hydrogens (tertiary/aromatic N) is 1. The van der Waals surface area contributed by atoms with Crippen LogP contribution in [-0.2, 0) is 0 Å². The molecule has 2 N–H and O–H groups in total. The Labute approximate surface area is 157 Å². The molecule has 0 unspecified atom stereocenters. The first-order valence-corrected chi connectivity index (χ1v) is 10.4. The minimum absolute atomic E-state index is 0.350. The fraction of sp³-hybridized carbons (Fsp3) is 0.353. The van der Waals surface area contributed by atoms with E-state index in [1.54, 1.807) is 16.7 Å². The lowest BCUT2D eigenvalue weighted by molar-refractivity contribution is 0.241. The second-order valence-corrected chi connectivity index (χ2v) is 8.24. The first-order valence-electron chi connectivity index (χ1n) is 8.07. The van der Waals surface area contributed by atoms with Gasteiger partial charge in [0.2, 0.25) is 5.82 Å². The molecule has 0 atom stereocenters. The summed E-state index contributed by atoms with van der Waals surface area (Å²) in [6.45, 7) is 4.60. The number of benzene rings is 1. The number of rotatable bonds is 7. The molecule has 2 radical (unpaired) electrons. The Balaban J connectivity index is 1.69. The lowest BCUT2D eigenvalue weighted by Crippen LogP contribution is -2.41. The van der Waals surface area contributed by atoms with E-state index in [0.717, 1.165) is 21.3 Å². The fourth-order valence-corrected chi connectivity index (χ4v) is 4.60. The number of aromatic amines is 1. The number of thioether (sulfide) groups is 1. The molecule has 1 aromatic carbocycles. The van der Waals surface area contributed by atoms with Gasteiger partial charge in [0.05, 0.1) is 15.7 Å². The van der Waals surface area contributed by atoms with Crippen molar-refractivity contribution in [2.45, 2.75) is 19.9 Å². The van der Waals surface area contributed by atoms with Crippen molar-refractivity contribution in [2.75, 3.05) is 18.1 Å². The molecular formula is C17H20FN3O3SSi. The van der Waals surface area contributed by atoms with Crippen molar-refractivity contribution < 1.29 is 9.18 Å². The molecule has 138 valence electrons. The number of aryl methyl sites for hydroxylation is 1. The third-order valence-electron chi connectivity index (χ3n) is 3.81. The van der Waals surface area contributed by atoms with E-state index in [1.165, 1.54) is 16.3 Å². The van der Waals surface area contributed by atoms with Crippen molar-refractivity contribution in [1.29, 1.82) is 0 Å². The molecular weight excluding hydrogens is 373 g/mol. The standard InChI is InChI=1S/C17H20FN3O3SSi/c1-11-4-3-5-14(12(11)2)26-9-8-25-7-6-19-16(23)21-10-13(18)15(22)20-17(21)24/h3-5,10H,6-9H2,1-2H3,(H,19,23)(H,20,22,24). The van der Waals surface area contributed by atoms with Gasteiger partial charge in [0.1, 0.15) is 0 Å². The zero-order chi connectivity index (χ0) is 19.1. The van der Waals surface area contributed by atoms with E-state index < -0.39 is 23.1 Å². The molecule has 1 aromatic heterocycles. The van der Waals surface area contributed by atoms with Crippen molar-refractivity contribution in [1.82, 2.24) is 14.9 Å². The minimum atomic E-state index is -1.18. The number of H-pyrrole nitrogens is 1. The van der Waals surface area contributed by atoms with Gasteiger partial charge in [0.15, 0.2) is 0 Å². The summed E-state index contributed by atoms with van der Waals surface area (Å²) in [4.78, 5) is 36.0. The van der Waals surface area contributed by atoms with Crippen LogP contribution in [0.5, 0.6) is 0 Å². The topological polar surface area (TPSA) is 84.0 Å². The Morgan fingerprint density at radius 3 is 2.85 bits per heavy atom. The van der Waals surface area contributed by atoms with E-state index in [9.17, 15) is 18.8 Å². The summed E-state index contributed by atoms with van der Waals surface area (Å²) in [7, 11) is 0.751. The molecule has 6 nitrogen and oxygen atoms in total. The summed E-state index contributed by atoms with van der Waals surface area (Å²) in [5, 5.41) is 3.92. The van der Waals surface area contributed by atoms with Gasteiger partial charge in [-0.15, -0.1) is 0 Å². The number of amides is 1. The van der Waals surface area contributed by atoms with Gasteiger partial charge < -0.3 is 5.32 Å². The molecule has 0 aliphatic heterocycles. The first kappa shape index (κ1) is 20.2. The largest absolute Gasteiger partial charge is 0.336 e. The molecule has 1 amide bonds. The Bertz CT molecular complexity index is 898. The van der Waals surface area contributed by atoms with E-state index in [1.807, 2.05) is 0 Å². The van der Waals surface area contributed by atoms with Gasteiger partial charge in [-0.3, -0.25) is 9.78 Å². The van der Waals surface area contributed by atoms with Crippen LogP contribution in [0.4, 0.5) is 9.18 Å². The van der Waals surface area contributed by atoms with Gasteiger partial charge in [0.25, 0.3) is 5.56 Å². The number of nitrogens with one attached hydrogen (secondary N) is 2. The molecule has 9 heteroatoms. The van der Waals surface area contributed by atoms with Crippen LogP contribution in [0.25, 0.3) is 0 Å². The maximum atomic E-state index is 13.2. The number of aromatic nitrogens is 2. The lowest BCUT2D eigenvalue weighted by atomic mass is 10.1. The molecule has 0 aliphatic carbocycles. The van der Waals surface area contributed by atoms with E-state index in [-0.39, 0.29) is 0 Å². The van der Waals surface area contributed by atoms with Crippen molar-refractivity contribution in [3.05, 3.63) is 62.2 Å². The average molecular weight is 394 g/mol. The van der Waals surface area contributed by atoms with Crippen LogP contribution in [0, 0.1) is 19.7 Å². The van der Waals surface area contributed by atoms with Gasteiger partial charge in [-0.25, -0.2) is 14.2 Å². The van der Waals surface area contributed by atoms with Crippen molar-refractivity contribution in [2.24, 2.45) is 0 Å². The predicted molar refractivity (Wildman–Crippen MR) is 104 cm³/mol. The van der Waals surface area contributed by atoms with E-state index >= 15 is 0 Å². The van der Waals surface area contributed by atoms with Gasteiger partial charge in [-0.2, -0.15) is 16.2 Å². The number of hydrogen-bond acceptors (Lipinski definition) is 4. The van der Waals surface area contributed by atoms with Gasteiger partial charge in [0, 0.05) is 12.3 Å². The summed E-state index contributed by atoms with van der Waals surface area (Å²) >= 11 is 1.70. The minimum Gasteiger partial charge on any atom is -0.336 e. The molecule has 0 fully saturated rings. The van der Waals surface area contributed by atoms with E-state index in [0.29, 0.717) is 23.1 Å². The van der Waals surface area contributed by atoms with Crippen LogP contribution in [-0.4, -0.2) is 43.2 Å². The second kappa shape index (κ2) is 9.53. The quantitative estimate of drug-likeness (QED) is 0.544. The Hall–Kier alpha value is -2.13. The van der Waals surface area contributed by atoms with Crippen molar-refractivity contribution in [3.8, 4) is 0 Å². The third kappa shape index (κ3) is 5.43. The van der Waals surface area contributed by atoms with Crippen LogP contribution >= 0.6 is 11.8 Å². The van der Waals surface area contributed by atoms with Crippen LogP contribution in [0.15, 0.2) is 34.0 Å². The van der Waals surface area contributed by atoms with Crippen molar-refractivity contribution in [3.63, 3.8) is 0 Å². The molecule has 0 saturated carbocycles. The Morgan fingerprint density at radius 1 is 1.31 bits per heavy atom. The summed E-state index contributed by atoms with van der Waals surface area (Å²) in [6.07, 6.45) is 0.592. The molecule has 1 heterocycles. The summed E-state index contributed by atoms with van der Waals surface area (Å²) in [5.74, 6) is 0.472. The Kier molecular flexibility index (Phi) is 7.40. The highest BCUT2D eigenvalue weighted by atomic mass is 32.2. The number of hydrogen-bond donors (Lipinski definition) is 2. The molecule has 2 rings (SSSR count). The monoisotopic (exact) mass is 393 g/mol. The SMILES string of the molecule is Cc1cccc([Si]CCSCCNC(=O)n2cc(F)c(=O)[nH]c2=O)c1C. The van der Waals surface area contributed by atoms with E-state index in [2.05, 4.69) is 37.4 Å². The van der Waals surface area contributed by atoms with Crippen LogP contribution in [0.2, 0.25) is 6.04 Å².